The van der Waals surface area contributed by atoms with Gasteiger partial charge in [0.15, 0.2) is 5.78 Å². The molecule has 3 heterocycles. The van der Waals surface area contributed by atoms with Crippen molar-refractivity contribution in [2.24, 2.45) is 0 Å². The van der Waals surface area contributed by atoms with Crippen molar-refractivity contribution in [2.75, 3.05) is 84.3 Å². The third-order valence-corrected chi connectivity index (χ3v) is 11.9. The molecule has 0 amide bonds. The highest BCUT2D eigenvalue weighted by molar-refractivity contribution is 7.89. The first-order valence-electron chi connectivity index (χ1n) is 15.1. The minimum Gasteiger partial charge on any atom is -0.369 e. The Kier molecular flexibility index (Phi) is 9.91. The highest BCUT2D eigenvalue weighted by Crippen LogP contribution is 2.26. The van der Waals surface area contributed by atoms with Gasteiger partial charge in [-0.3, -0.25) is 4.79 Å². The number of carbonyl (C=O) groups excluding carboxylic acids is 1. The maximum Gasteiger partial charge on any atom is 0.229 e. The van der Waals surface area contributed by atoms with Crippen LogP contribution in [0, 0.1) is 0 Å². The number of aromatic nitrogens is 2. The van der Waals surface area contributed by atoms with Crippen molar-refractivity contribution in [2.45, 2.75) is 20.8 Å². The molecule has 2 N–H and O–H groups in total. The molecule has 13 nitrogen and oxygen atoms in total. The number of anilines is 6. The lowest BCUT2D eigenvalue weighted by Crippen LogP contribution is -2.49. The second kappa shape index (κ2) is 13.7. The summed E-state index contributed by atoms with van der Waals surface area (Å²) < 4.78 is 51.8. The molecule has 0 aliphatic carbocycles. The number of rotatable bonds is 11. The number of nitrogens with one attached hydrogen (secondary N) is 2. The third-order valence-electron chi connectivity index (χ3n) is 8.15. The van der Waals surface area contributed by atoms with Crippen LogP contribution in [0.1, 0.15) is 31.1 Å². The van der Waals surface area contributed by atoms with Crippen LogP contribution in [0.3, 0.4) is 0 Å². The lowest BCUT2D eigenvalue weighted by Gasteiger charge is -2.35. The molecule has 2 aliphatic rings. The SMILES string of the molecule is CCS(=O)(=O)N1CCN(c2ccc(Nc3ncc(C(C)=O)c(Nc4ccc(N5CCN(S(=O)(=O)CC)CC5)cc4)n3)cc2)CC1. The number of Topliss-reactive ketones (excluding diaryl/α,β-unsaturated/α-hetero) is 1. The van der Waals surface area contributed by atoms with Gasteiger partial charge in [0.05, 0.1) is 17.1 Å². The fourth-order valence-electron chi connectivity index (χ4n) is 5.39. The number of benzene rings is 2. The van der Waals surface area contributed by atoms with Crippen molar-refractivity contribution < 1.29 is 21.6 Å². The second-order valence-electron chi connectivity index (χ2n) is 10.9. The molecule has 15 heteroatoms. The van der Waals surface area contributed by atoms with Crippen molar-refractivity contribution in [3.8, 4) is 0 Å². The third kappa shape index (κ3) is 7.72. The highest BCUT2D eigenvalue weighted by atomic mass is 32.2. The van der Waals surface area contributed by atoms with E-state index < -0.39 is 20.0 Å². The summed E-state index contributed by atoms with van der Waals surface area (Å²) in [6.45, 7) is 9.11. The maximum absolute atomic E-state index is 12.4. The molecule has 2 aliphatic heterocycles. The van der Waals surface area contributed by atoms with Gasteiger partial charge in [0.2, 0.25) is 26.0 Å². The molecule has 2 fully saturated rings. The molecule has 0 atom stereocenters. The number of piperazine rings is 2. The van der Waals surface area contributed by atoms with Gasteiger partial charge in [0.25, 0.3) is 0 Å². The Balaban J connectivity index is 1.22. The molecule has 2 aromatic carbocycles. The van der Waals surface area contributed by atoms with Crippen LogP contribution in [0.25, 0.3) is 0 Å². The largest absolute Gasteiger partial charge is 0.369 e. The normalized spacial score (nSPS) is 16.9. The van der Waals surface area contributed by atoms with Gasteiger partial charge in [0, 0.05) is 81.3 Å². The van der Waals surface area contributed by atoms with Crippen molar-refractivity contribution in [1.29, 1.82) is 0 Å². The van der Waals surface area contributed by atoms with E-state index in [1.165, 1.54) is 13.1 Å². The summed E-state index contributed by atoms with van der Waals surface area (Å²) >= 11 is 0. The molecule has 2 saturated heterocycles. The molecule has 0 spiro atoms. The molecule has 1 aromatic heterocycles. The van der Waals surface area contributed by atoms with Crippen LogP contribution in [-0.4, -0.2) is 105 Å². The molecule has 0 unspecified atom stereocenters. The van der Waals surface area contributed by atoms with E-state index in [4.69, 9.17) is 0 Å². The van der Waals surface area contributed by atoms with E-state index in [0.717, 1.165) is 22.7 Å². The van der Waals surface area contributed by atoms with E-state index in [1.54, 1.807) is 22.5 Å². The first-order chi connectivity index (χ1) is 21.5. The Bertz CT molecular complexity index is 1700. The lowest BCUT2D eigenvalue weighted by molar-refractivity contribution is 0.101. The average molecular weight is 657 g/mol. The smallest absolute Gasteiger partial charge is 0.229 e. The average Bonchev–Trinajstić information content (AvgIpc) is 3.05. The summed E-state index contributed by atoms with van der Waals surface area (Å²) in [5, 5.41) is 6.44. The number of sulfonamides is 2. The summed E-state index contributed by atoms with van der Waals surface area (Å²) in [5.41, 5.74) is 3.86. The predicted molar refractivity (Wildman–Crippen MR) is 178 cm³/mol. The quantitative estimate of drug-likeness (QED) is 0.293. The molecular formula is C30H40N8O5S2. The van der Waals surface area contributed by atoms with Gasteiger partial charge in [-0.25, -0.2) is 21.8 Å². The highest BCUT2D eigenvalue weighted by Gasteiger charge is 2.26. The van der Waals surface area contributed by atoms with Gasteiger partial charge in [-0.15, -0.1) is 0 Å². The van der Waals surface area contributed by atoms with Crippen LogP contribution in [0.5, 0.6) is 0 Å². The molecule has 5 rings (SSSR count). The monoisotopic (exact) mass is 656 g/mol. The summed E-state index contributed by atoms with van der Waals surface area (Å²) in [5.74, 6) is 0.751. The van der Waals surface area contributed by atoms with Crippen LogP contribution in [0.15, 0.2) is 54.7 Å². The minimum absolute atomic E-state index is 0.108. The van der Waals surface area contributed by atoms with E-state index in [-0.39, 0.29) is 17.3 Å². The standard InChI is InChI=1S/C30H40N8O5S2/c1-4-44(40,41)37-18-14-35(15-19-37)26-10-6-24(7-11-26)32-29-28(23(3)39)22-31-30(34-29)33-25-8-12-27(13-9-25)36-16-20-38(21-17-36)45(42,43)5-2/h6-13,22H,4-5,14-21H2,1-3H3,(H2,31,32,33,34). The molecule has 0 bridgehead atoms. The van der Waals surface area contributed by atoms with Crippen LogP contribution in [-0.2, 0) is 20.0 Å². The molecule has 242 valence electrons. The molecule has 0 radical (unpaired) electrons. The molecule has 45 heavy (non-hydrogen) atoms. The fourth-order valence-corrected chi connectivity index (χ4v) is 7.56. The van der Waals surface area contributed by atoms with Gasteiger partial charge in [-0.2, -0.15) is 13.6 Å². The van der Waals surface area contributed by atoms with Crippen LogP contribution >= 0.6 is 0 Å². The number of ketones is 1. The van der Waals surface area contributed by atoms with E-state index in [9.17, 15) is 21.6 Å². The predicted octanol–water partition coefficient (Wildman–Crippen LogP) is 3.11. The number of nitrogens with zero attached hydrogens (tertiary/aromatic N) is 6. The van der Waals surface area contributed by atoms with Gasteiger partial charge >= 0.3 is 0 Å². The zero-order chi connectivity index (χ0) is 32.2. The first kappa shape index (κ1) is 32.6. The Morgan fingerprint density at radius 3 is 1.51 bits per heavy atom. The zero-order valence-corrected chi connectivity index (χ0v) is 27.4. The Morgan fingerprint density at radius 1 is 0.689 bits per heavy atom. The number of hydrogen-bond acceptors (Lipinski definition) is 11. The second-order valence-corrected chi connectivity index (χ2v) is 15.4. The first-order valence-corrected chi connectivity index (χ1v) is 18.3. The van der Waals surface area contributed by atoms with Crippen molar-refractivity contribution >= 4 is 60.3 Å². The Morgan fingerprint density at radius 2 is 1.11 bits per heavy atom. The topological polar surface area (TPSA) is 148 Å². The van der Waals surface area contributed by atoms with E-state index in [2.05, 4.69) is 30.4 Å². The Labute approximate surface area is 265 Å². The molecule has 3 aromatic rings. The number of hydrogen-bond donors (Lipinski definition) is 2. The van der Waals surface area contributed by atoms with Crippen molar-refractivity contribution in [3.63, 3.8) is 0 Å². The van der Waals surface area contributed by atoms with Crippen molar-refractivity contribution in [1.82, 2.24) is 18.6 Å². The van der Waals surface area contributed by atoms with Gasteiger partial charge in [0.1, 0.15) is 5.82 Å². The molecule has 0 saturated carbocycles. The van der Waals surface area contributed by atoms with E-state index in [0.29, 0.717) is 69.7 Å². The minimum atomic E-state index is -3.18. The molecular weight excluding hydrogens is 617 g/mol. The zero-order valence-electron chi connectivity index (χ0n) is 25.8. The summed E-state index contributed by atoms with van der Waals surface area (Å²) in [6, 6.07) is 15.5. The van der Waals surface area contributed by atoms with Gasteiger partial charge in [-0.1, -0.05) is 0 Å². The van der Waals surface area contributed by atoms with E-state index >= 15 is 0 Å². The van der Waals surface area contributed by atoms with Crippen LogP contribution in [0.4, 0.5) is 34.5 Å². The van der Waals surface area contributed by atoms with Crippen molar-refractivity contribution in [3.05, 3.63) is 60.3 Å². The maximum atomic E-state index is 12.4. The fraction of sp³-hybridized carbons (Fsp3) is 0.433. The summed E-state index contributed by atoms with van der Waals surface area (Å²) in [6.07, 6.45) is 1.50. The van der Waals surface area contributed by atoms with Crippen LogP contribution in [0.2, 0.25) is 0 Å². The van der Waals surface area contributed by atoms with Gasteiger partial charge < -0.3 is 20.4 Å². The summed E-state index contributed by atoms with van der Waals surface area (Å²) in [7, 11) is -6.36. The van der Waals surface area contributed by atoms with Gasteiger partial charge in [-0.05, 0) is 69.3 Å². The lowest BCUT2D eigenvalue weighted by atomic mass is 10.2. The van der Waals surface area contributed by atoms with E-state index in [1.807, 2.05) is 48.5 Å². The number of carbonyl (C=O) groups is 1. The Hall–Kier alpha value is -3.79. The van der Waals surface area contributed by atoms with Crippen LogP contribution < -0.4 is 20.4 Å². The summed E-state index contributed by atoms with van der Waals surface area (Å²) in [4.78, 5) is 25.6.